The van der Waals surface area contributed by atoms with E-state index >= 15 is 0 Å². The molecule has 5 heteroatoms. The lowest BCUT2D eigenvalue weighted by Gasteiger charge is -2.25. The summed E-state index contributed by atoms with van der Waals surface area (Å²) in [5, 5.41) is 0. The third-order valence-electron chi connectivity index (χ3n) is 3.60. The minimum Gasteiger partial charge on any atom is -0.292 e. The molecule has 0 aromatic heterocycles. The minimum absolute atomic E-state index is 0.127. The van der Waals surface area contributed by atoms with Gasteiger partial charge in [-0.05, 0) is 37.4 Å². The van der Waals surface area contributed by atoms with Gasteiger partial charge in [0, 0.05) is 12.1 Å². The molecule has 0 spiro atoms. The van der Waals surface area contributed by atoms with Gasteiger partial charge in [0.2, 0.25) is 0 Å². The van der Waals surface area contributed by atoms with Gasteiger partial charge < -0.3 is 0 Å². The van der Waals surface area contributed by atoms with Gasteiger partial charge >= 0.3 is 0 Å². The maximum Gasteiger partial charge on any atom is 0.269 e. The first kappa shape index (κ1) is 15.5. The molecule has 1 aromatic carbocycles. The SMILES string of the molecule is CC(C)CN1CCC[C@H]1C(=O)NNC(=O)c1ccccc1. The number of likely N-dealkylation sites (tertiary alicyclic amines) is 1. The standard InChI is InChI=1S/C16H23N3O2/c1-12(2)11-19-10-6-9-14(19)16(21)18-17-15(20)13-7-4-3-5-8-13/h3-5,7-8,12,14H,6,9-11H2,1-2H3,(H,17,20)(H,18,21)/t14-/m0/s1. The summed E-state index contributed by atoms with van der Waals surface area (Å²) in [5.41, 5.74) is 5.56. The van der Waals surface area contributed by atoms with E-state index in [2.05, 4.69) is 29.6 Å². The number of rotatable bonds is 4. The number of carbonyl (C=O) groups excluding carboxylic acids is 2. The fourth-order valence-corrected chi connectivity index (χ4v) is 2.67. The Labute approximate surface area is 125 Å². The lowest BCUT2D eigenvalue weighted by molar-refractivity contribution is -0.126. The monoisotopic (exact) mass is 289 g/mol. The Morgan fingerprint density at radius 1 is 1.24 bits per heavy atom. The molecule has 21 heavy (non-hydrogen) atoms. The van der Waals surface area contributed by atoms with E-state index in [1.165, 1.54) is 0 Å². The predicted octanol–water partition coefficient (Wildman–Crippen LogP) is 1.57. The van der Waals surface area contributed by atoms with Crippen LogP contribution in [0.4, 0.5) is 0 Å². The van der Waals surface area contributed by atoms with E-state index < -0.39 is 0 Å². The first-order chi connectivity index (χ1) is 10.1. The molecular weight excluding hydrogens is 266 g/mol. The summed E-state index contributed by atoms with van der Waals surface area (Å²) in [6.45, 7) is 6.14. The molecule has 2 N–H and O–H groups in total. The van der Waals surface area contributed by atoms with Gasteiger partial charge in [0.15, 0.2) is 0 Å². The van der Waals surface area contributed by atoms with Crippen LogP contribution in [0.3, 0.4) is 0 Å². The largest absolute Gasteiger partial charge is 0.292 e. The Balaban J connectivity index is 1.85. The zero-order chi connectivity index (χ0) is 15.2. The first-order valence-electron chi connectivity index (χ1n) is 7.47. The fourth-order valence-electron chi connectivity index (χ4n) is 2.67. The second-order valence-corrected chi connectivity index (χ2v) is 5.86. The average molecular weight is 289 g/mol. The Morgan fingerprint density at radius 2 is 1.95 bits per heavy atom. The third-order valence-corrected chi connectivity index (χ3v) is 3.60. The number of benzene rings is 1. The number of carbonyl (C=O) groups is 2. The van der Waals surface area contributed by atoms with Crippen LogP contribution >= 0.6 is 0 Å². The molecule has 1 fully saturated rings. The first-order valence-corrected chi connectivity index (χ1v) is 7.47. The van der Waals surface area contributed by atoms with Gasteiger partial charge in [0.1, 0.15) is 0 Å². The fraction of sp³-hybridized carbons (Fsp3) is 0.500. The van der Waals surface area contributed by atoms with Gasteiger partial charge in [0.05, 0.1) is 6.04 Å². The summed E-state index contributed by atoms with van der Waals surface area (Å²) >= 11 is 0. The van der Waals surface area contributed by atoms with E-state index in [4.69, 9.17) is 0 Å². The topological polar surface area (TPSA) is 61.4 Å². The molecule has 1 atom stereocenters. The highest BCUT2D eigenvalue weighted by Crippen LogP contribution is 2.18. The molecule has 1 aliphatic rings. The molecule has 1 heterocycles. The number of hydrogen-bond acceptors (Lipinski definition) is 3. The van der Waals surface area contributed by atoms with Crippen molar-refractivity contribution in [3.63, 3.8) is 0 Å². The van der Waals surface area contributed by atoms with Crippen LogP contribution in [0, 0.1) is 5.92 Å². The number of hydrogen-bond donors (Lipinski definition) is 2. The van der Waals surface area contributed by atoms with Crippen LogP contribution in [0.5, 0.6) is 0 Å². The lowest BCUT2D eigenvalue weighted by atomic mass is 10.1. The van der Waals surface area contributed by atoms with Crippen LogP contribution < -0.4 is 10.9 Å². The highest BCUT2D eigenvalue weighted by atomic mass is 16.2. The zero-order valence-corrected chi connectivity index (χ0v) is 12.6. The van der Waals surface area contributed by atoms with E-state index in [0.29, 0.717) is 11.5 Å². The molecule has 0 aliphatic carbocycles. The minimum atomic E-state index is -0.294. The van der Waals surface area contributed by atoms with Crippen molar-refractivity contribution in [2.45, 2.75) is 32.7 Å². The predicted molar refractivity (Wildman–Crippen MR) is 81.5 cm³/mol. The smallest absolute Gasteiger partial charge is 0.269 e. The van der Waals surface area contributed by atoms with E-state index in [9.17, 15) is 9.59 Å². The molecular formula is C16H23N3O2. The second kappa shape index (κ2) is 7.22. The van der Waals surface area contributed by atoms with Crippen molar-refractivity contribution in [1.82, 2.24) is 15.8 Å². The zero-order valence-electron chi connectivity index (χ0n) is 12.6. The van der Waals surface area contributed by atoms with Crippen LogP contribution in [-0.2, 0) is 4.79 Å². The number of nitrogens with one attached hydrogen (secondary N) is 2. The van der Waals surface area contributed by atoms with Gasteiger partial charge in [-0.25, -0.2) is 0 Å². The number of nitrogens with zero attached hydrogens (tertiary/aromatic N) is 1. The van der Waals surface area contributed by atoms with Crippen molar-refractivity contribution in [1.29, 1.82) is 0 Å². The highest BCUT2D eigenvalue weighted by Gasteiger charge is 2.30. The van der Waals surface area contributed by atoms with E-state index in [1.54, 1.807) is 24.3 Å². The Morgan fingerprint density at radius 3 is 2.62 bits per heavy atom. The molecule has 0 saturated carbocycles. The Hall–Kier alpha value is -1.88. The number of hydrazine groups is 1. The maximum absolute atomic E-state index is 12.2. The lowest BCUT2D eigenvalue weighted by Crippen LogP contribution is -2.50. The molecule has 0 bridgehead atoms. The molecule has 1 aliphatic heterocycles. The summed E-state index contributed by atoms with van der Waals surface area (Å²) in [6.07, 6.45) is 1.87. The normalized spacial score (nSPS) is 18.7. The van der Waals surface area contributed by atoms with Crippen LogP contribution in [0.1, 0.15) is 37.0 Å². The van der Waals surface area contributed by atoms with Crippen molar-refractivity contribution in [2.24, 2.45) is 5.92 Å². The Bertz CT molecular complexity index is 488. The van der Waals surface area contributed by atoms with Gasteiger partial charge in [0.25, 0.3) is 11.8 Å². The molecule has 2 rings (SSSR count). The molecule has 1 saturated heterocycles. The van der Waals surface area contributed by atoms with Crippen molar-refractivity contribution < 1.29 is 9.59 Å². The summed E-state index contributed by atoms with van der Waals surface area (Å²) in [4.78, 5) is 26.3. The average Bonchev–Trinajstić information content (AvgIpc) is 2.92. The summed E-state index contributed by atoms with van der Waals surface area (Å²) in [6, 6.07) is 8.71. The van der Waals surface area contributed by atoms with Crippen molar-refractivity contribution in [2.75, 3.05) is 13.1 Å². The quantitative estimate of drug-likeness (QED) is 0.827. The molecule has 5 nitrogen and oxygen atoms in total. The van der Waals surface area contributed by atoms with Gasteiger partial charge in [-0.1, -0.05) is 32.0 Å². The summed E-state index contributed by atoms with van der Waals surface area (Å²) in [7, 11) is 0. The molecule has 114 valence electrons. The Kier molecular flexibility index (Phi) is 5.33. The van der Waals surface area contributed by atoms with Gasteiger partial charge in [-0.2, -0.15) is 0 Å². The highest BCUT2D eigenvalue weighted by molar-refractivity contribution is 5.95. The third kappa shape index (κ3) is 4.29. The van der Waals surface area contributed by atoms with Crippen molar-refractivity contribution in [3.8, 4) is 0 Å². The number of amides is 2. The van der Waals surface area contributed by atoms with Gasteiger partial charge in [-0.3, -0.25) is 25.3 Å². The summed E-state index contributed by atoms with van der Waals surface area (Å²) < 4.78 is 0. The maximum atomic E-state index is 12.2. The molecule has 0 unspecified atom stereocenters. The van der Waals surface area contributed by atoms with Crippen LogP contribution in [0.15, 0.2) is 30.3 Å². The van der Waals surface area contributed by atoms with E-state index in [-0.39, 0.29) is 17.9 Å². The molecule has 0 radical (unpaired) electrons. The summed E-state index contributed by atoms with van der Waals surface area (Å²) in [5.74, 6) is 0.104. The van der Waals surface area contributed by atoms with Crippen molar-refractivity contribution in [3.05, 3.63) is 35.9 Å². The molecule has 1 aromatic rings. The van der Waals surface area contributed by atoms with Crippen molar-refractivity contribution >= 4 is 11.8 Å². The van der Waals surface area contributed by atoms with Crippen LogP contribution in [0.2, 0.25) is 0 Å². The van der Waals surface area contributed by atoms with E-state index in [1.807, 2.05) is 6.07 Å². The second-order valence-electron chi connectivity index (χ2n) is 5.86. The van der Waals surface area contributed by atoms with Gasteiger partial charge in [-0.15, -0.1) is 0 Å². The van der Waals surface area contributed by atoms with Crippen LogP contribution in [-0.4, -0.2) is 35.8 Å². The van der Waals surface area contributed by atoms with E-state index in [0.717, 1.165) is 25.9 Å². The van der Waals surface area contributed by atoms with Crippen LogP contribution in [0.25, 0.3) is 0 Å². The molecule has 2 amide bonds.